The third-order valence-electron chi connectivity index (χ3n) is 3.90. The highest BCUT2D eigenvalue weighted by Gasteiger charge is 2.84. The third-order valence-corrected chi connectivity index (χ3v) is 8.22. The summed E-state index contributed by atoms with van der Waals surface area (Å²) in [7, 11) is 0. The summed E-state index contributed by atoms with van der Waals surface area (Å²) in [5.74, 6) is -0.951. The van der Waals surface area contributed by atoms with Crippen LogP contribution in [-0.4, -0.2) is 32.1 Å². The second kappa shape index (κ2) is 3.53. The molecule has 5 unspecified atom stereocenters. The van der Waals surface area contributed by atoms with Crippen LogP contribution in [0.15, 0.2) is 10.1 Å². The van der Waals surface area contributed by atoms with Crippen molar-refractivity contribution in [3.8, 4) is 0 Å². The number of rotatable bonds is 0. The lowest BCUT2D eigenvalue weighted by atomic mass is 9.84. The van der Waals surface area contributed by atoms with Gasteiger partial charge in [0, 0.05) is 11.8 Å². The lowest BCUT2D eigenvalue weighted by molar-refractivity contribution is -0.0867. The van der Waals surface area contributed by atoms with Gasteiger partial charge in [0.1, 0.15) is 9.75 Å². The largest absolute Gasteiger partial charge is 0.368 e. The molecule has 96 valence electrons. The summed E-state index contributed by atoms with van der Waals surface area (Å²) in [5.41, 5.74) is 0. The van der Waals surface area contributed by atoms with Crippen LogP contribution >= 0.6 is 69.6 Å². The monoisotopic (exact) mass is 356 g/mol. The molecule has 1 heterocycles. The highest BCUT2D eigenvalue weighted by Crippen LogP contribution is 2.77. The van der Waals surface area contributed by atoms with Crippen LogP contribution in [0, 0.1) is 11.8 Å². The summed E-state index contributed by atoms with van der Waals surface area (Å²) in [6.07, 6.45) is -1.10. The van der Waals surface area contributed by atoms with E-state index in [1.54, 1.807) is 0 Å². The standard InChI is InChI=1S/C9H6Cl6O2/c10-4-5(11)8(13)3-2(1-17-6(3)16)7(4,12)9(8,14)15/h2-3,6,16H,1H2. The molecule has 1 saturated heterocycles. The van der Waals surface area contributed by atoms with Crippen molar-refractivity contribution < 1.29 is 9.84 Å². The average molecular weight is 359 g/mol. The molecule has 5 atom stereocenters. The summed E-state index contributed by atoms with van der Waals surface area (Å²) in [4.78, 5) is -2.74. The van der Waals surface area contributed by atoms with Gasteiger partial charge in [-0.15, -0.1) is 23.2 Å². The van der Waals surface area contributed by atoms with Crippen molar-refractivity contribution in [1.82, 2.24) is 0 Å². The Labute approximate surface area is 128 Å². The number of fused-ring (bicyclic) bond motifs is 5. The Morgan fingerprint density at radius 2 is 1.59 bits per heavy atom. The molecule has 3 rings (SSSR count). The second-order valence-corrected chi connectivity index (χ2v) is 7.76. The fraction of sp³-hybridized carbons (Fsp3) is 0.778. The van der Waals surface area contributed by atoms with Gasteiger partial charge in [-0.1, -0.05) is 46.4 Å². The smallest absolute Gasteiger partial charge is 0.167 e. The summed E-state index contributed by atoms with van der Waals surface area (Å²) in [6.45, 7) is 0.186. The van der Waals surface area contributed by atoms with Gasteiger partial charge in [0.05, 0.1) is 16.7 Å². The maximum atomic E-state index is 9.83. The molecular formula is C9H6Cl6O2. The molecule has 1 aliphatic heterocycles. The normalized spacial score (nSPS) is 55.6. The van der Waals surface area contributed by atoms with E-state index < -0.39 is 26.3 Å². The Morgan fingerprint density at radius 1 is 1.06 bits per heavy atom. The van der Waals surface area contributed by atoms with Crippen LogP contribution in [0.2, 0.25) is 0 Å². The van der Waals surface area contributed by atoms with Crippen molar-refractivity contribution in [2.75, 3.05) is 6.61 Å². The fourth-order valence-corrected chi connectivity index (χ4v) is 6.10. The van der Waals surface area contributed by atoms with Gasteiger partial charge in [0.15, 0.2) is 10.6 Å². The molecule has 2 aliphatic carbocycles. The topological polar surface area (TPSA) is 29.5 Å². The minimum Gasteiger partial charge on any atom is -0.368 e. The number of hydrogen-bond donors (Lipinski definition) is 1. The van der Waals surface area contributed by atoms with Crippen molar-refractivity contribution in [3.63, 3.8) is 0 Å². The first kappa shape index (κ1) is 13.4. The Hall–Kier alpha value is 1.40. The van der Waals surface area contributed by atoms with Crippen molar-refractivity contribution in [2.45, 2.75) is 20.4 Å². The Balaban J connectivity index is 2.29. The first-order valence-electron chi connectivity index (χ1n) is 4.82. The molecule has 2 bridgehead atoms. The molecule has 0 spiro atoms. The summed E-state index contributed by atoms with van der Waals surface area (Å²) < 4.78 is 3.56. The molecule has 0 amide bonds. The van der Waals surface area contributed by atoms with Crippen molar-refractivity contribution in [2.24, 2.45) is 11.8 Å². The zero-order chi connectivity index (χ0) is 12.8. The number of aliphatic hydroxyl groups is 1. The van der Waals surface area contributed by atoms with Crippen LogP contribution in [0.4, 0.5) is 0 Å². The van der Waals surface area contributed by atoms with Gasteiger partial charge in [-0.3, -0.25) is 0 Å². The molecule has 3 aliphatic rings. The third kappa shape index (κ3) is 1.13. The number of alkyl halides is 4. The van der Waals surface area contributed by atoms with Gasteiger partial charge in [-0.25, -0.2) is 0 Å². The van der Waals surface area contributed by atoms with E-state index in [2.05, 4.69) is 0 Å². The van der Waals surface area contributed by atoms with Crippen LogP contribution in [0.25, 0.3) is 0 Å². The van der Waals surface area contributed by atoms with Crippen LogP contribution in [0.3, 0.4) is 0 Å². The Bertz CT molecular complexity index is 437. The maximum absolute atomic E-state index is 9.83. The average Bonchev–Trinajstić information content (AvgIpc) is 2.73. The zero-order valence-corrected chi connectivity index (χ0v) is 12.6. The second-order valence-electron chi connectivity index (χ2n) is 4.48. The summed E-state index contributed by atoms with van der Waals surface area (Å²) in [6, 6.07) is 0. The molecular weight excluding hydrogens is 353 g/mol. The van der Waals surface area contributed by atoms with E-state index in [1.807, 2.05) is 0 Å². The van der Waals surface area contributed by atoms with E-state index in [-0.39, 0.29) is 22.6 Å². The van der Waals surface area contributed by atoms with E-state index in [1.165, 1.54) is 0 Å². The van der Waals surface area contributed by atoms with Gasteiger partial charge in [-0.2, -0.15) is 0 Å². The van der Waals surface area contributed by atoms with E-state index >= 15 is 0 Å². The molecule has 1 saturated carbocycles. The van der Waals surface area contributed by atoms with E-state index in [9.17, 15) is 5.11 Å². The first-order chi connectivity index (χ1) is 7.70. The van der Waals surface area contributed by atoms with Gasteiger partial charge < -0.3 is 9.84 Å². The number of ether oxygens (including phenoxy) is 1. The Kier molecular flexibility index (Phi) is 2.78. The van der Waals surface area contributed by atoms with Crippen LogP contribution in [0.5, 0.6) is 0 Å². The number of hydrogen-bond acceptors (Lipinski definition) is 2. The predicted octanol–water partition coefficient (Wildman–Crippen LogP) is 3.41. The Morgan fingerprint density at radius 3 is 2.18 bits per heavy atom. The summed E-state index contributed by atoms with van der Waals surface area (Å²) in [5, 5.41) is 10.1. The lowest BCUT2D eigenvalue weighted by Crippen LogP contribution is -2.47. The van der Waals surface area contributed by atoms with E-state index in [0.29, 0.717) is 0 Å². The molecule has 2 nitrogen and oxygen atoms in total. The molecule has 0 aromatic heterocycles. The van der Waals surface area contributed by atoms with E-state index in [4.69, 9.17) is 74.3 Å². The minimum atomic E-state index is -1.59. The molecule has 17 heavy (non-hydrogen) atoms. The van der Waals surface area contributed by atoms with Crippen molar-refractivity contribution >= 4 is 69.6 Å². The number of halogens is 6. The van der Waals surface area contributed by atoms with Gasteiger partial charge >= 0.3 is 0 Å². The van der Waals surface area contributed by atoms with Crippen LogP contribution in [-0.2, 0) is 4.74 Å². The molecule has 1 N–H and O–H groups in total. The van der Waals surface area contributed by atoms with Gasteiger partial charge in [-0.05, 0) is 0 Å². The van der Waals surface area contributed by atoms with Crippen LogP contribution in [0.1, 0.15) is 0 Å². The quantitative estimate of drug-likeness (QED) is 0.672. The molecule has 2 fully saturated rings. The fourth-order valence-electron chi connectivity index (χ4n) is 3.06. The highest BCUT2D eigenvalue weighted by molar-refractivity contribution is 6.65. The van der Waals surface area contributed by atoms with Crippen molar-refractivity contribution in [1.29, 1.82) is 0 Å². The molecule has 0 aromatic rings. The number of allylic oxidation sites excluding steroid dienone is 2. The van der Waals surface area contributed by atoms with Gasteiger partial charge in [0.25, 0.3) is 0 Å². The van der Waals surface area contributed by atoms with E-state index in [0.717, 1.165) is 0 Å². The number of aliphatic hydroxyl groups excluding tert-OH is 1. The highest BCUT2D eigenvalue weighted by atomic mass is 35.5. The SMILES string of the molecule is OC1OCC2C1C1(Cl)C(Cl)=C(Cl)C2(Cl)C1(Cl)Cl. The first-order valence-corrected chi connectivity index (χ1v) is 7.09. The molecule has 8 heteroatoms. The van der Waals surface area contributed by atoms with Crippen molar-refractivity contribution in [3.05, 3.63) is 10.1 Å². The maximum Gasteiger partial charge on any atom is 0.167 e. The lowest BCUT2D eigenvalue weighted by Gasteiger charge is -2.34. The predicted molar refractivity (Wildman–Crippen MR) is 69.3 cm³/mol. The summed E-state index contributed by atoms with van der Waals surface area (Å²) >= 11 is 37.7. The molecule has 0 aromatic carbocycles. The molecule has 0 radical (unpaired) electrons. The van der Waals surface area contributed by atoms with Crippen LogP contribution < -0.4 is 0 Å². The van der Waals surface area contributed by atoms with Gasteiger partial charge in [0.2, 0.25) is 0 Å². The minimum absolute atomic E-state index is 0.0895. The zero-order valence-electron chi connectivity index (χ0n) is 8.06.